The van der Waals surface area contributed by atoms with E-state index in [0.717, 1.165) is 6.42 Å². The van der Waals surface area contributed by atoms with Gasteiger partial charge in [0.2, 0.25) is 5.91 Å². The van der Waals surface area contributed by atoms with Gasteiger partial charge in [-0.3, -0.25) is 4.79 Å². The summed E-state index contributed by atoms with van der Waals surface area (Å²) in [4.78, 5) is 25.3. The molecular formula is C14H26N2O4. The monoisotopic (exact) mass is 286 g/mol. The molecule has 0 bridgehead atoms. The average molecular weight is 286 g/mol. The molecule has 0 aromatic carbocycles. The second-order valence-electron chi connectivity index (χ2n) is 6.41. The number of ether oxygens (including phenoxy) is 1. The molecule has 1 saturated heterocycles. The van der Waals surface area contributed by atoms with Gasteiger partial charge in [0.15, 0.2) is 0 Å². The Balaban J connectivity index is 2.69. The number of piperidine rings is 1. The third-order valence-corrected chi connectivity index (χ3v) is 3.52. The molecule has 2 atom stereocenters. The van der Waals surface area contributed by atoms with Crippen LogP contribution in [0.15, 0.2) is 0 Å². The van der Waals surface area contributed by atoms with Gasteiger partial charge < -0.3 is 20.1 Å². The topological polar surface area (TPSA) is 78.9 Å². The molecule has 1 aliphatic heterocycles. The van der Waals surface area contributed by atoms with E-state index in [-0.39, 0.29) is 30.6 Å². The summed E-state index contributed by atoms with van der Waals surface area (Å²) in [6, 6.07) is -0.0916. The molecule has 1 heterocycles. The average Bonchev–Trinajstić information content (AvgIpc) is 2.36. The van der Waals surface area contributed by atoms with E-state index in [2.05, 4.69) is 5.32 Å². The highest BCUT2D eigenvalue weighted by Crippen LogP contribution is 2.22. The van der Waals surface area contributed by atoms with Crippen LogP contribution in [0.1, 0.15) is 33.6 Å². The summed E-state index contributed by atoms with van der Waals surface area (Å²) in [6.07, 6.45) is 1.01. The van der Waals surface area contributed by atoms with Crippen LogP contribution in [0.5, 0.6) is 0 Å². The number of aliphatic hydroxyl groups is 1. The Hall–Kier alpha value is -1.30. The Labute approximate surface area is 120 Å². The zero-order valence-corrected chi connectivity index (χ0v) is 12.8. The van der Waals surface area contributed by atoms with Gasteiger partial charge in [-0.05, 0) is 18.8 Å². The van der Waals surface area contributed by atoms with Crippen LogP contribution >= 0.6 is 0 Å². The lowest BCUT2D eigenvalue weighted by Crippen LogP contribution is -2.54. The highest BCUT2D eigenvalue weighted by atomic mass is 16.5. The number of rotatable bonds is 3. The molecule has 6 nitrogen and oxygen atoms in total. The van der Waals surface area contributed by atoms with E-state index < -0.39 is 5.41 Å². The first-order chi connectivity index (χ1) is 9.27. The van der Waals surface area contributed by atoms with Gasteiger partial charge in [0, 0.05) is 31.2 Å². The molecule has 0 aromatic rings. The maximum absolute atomic E-state index is 12.0. The van der Waals surface area contributed by atoms with Crippen molar-refractivity contribution >= 4 is 12.0 Å². The van der Waals surface area contributed by atoms with E-state index in [0.29, 0.717) is 19.5 Å². The number of hydrogen-bond acceptors (Lipinski definition) is 4. The van der Waals surface area contributed by atoms with Crippen molar-refractivity contribution in [1.82, 2.24) is 10.2 Å². The van der Waals surface area contributed by atoms with Gasteiger partial charge in [-0.25, -0.2) is 4.79 Å². The Kier molecular flexibility index (Phi) is 5.80. The zero-order valence-electron chi connectivity index (χ0n) is 12.8. The van der Waals surface area contributed by atoms with E-state index in [1.165, 1.54) is 7.11 Å². The minimum absolute atomic E-state index is 0.0306. The van der Waals surface area contributed by atoms with Crippen molar-refractivity contribution in [1.29, 1.82) is 0 Å². The second kappa shape index (κ2) is 6.92. The number of methoxy groups -OCH3 is 1. The molecule has 1 aliphatic rings. The molecule has 1 fully saturated rings. The van der Waals surface area contributed by atoms with Crippen LogP contribution in [-0.4, -0.2) is 54.9 Å². The fraction of sp³-hybridized carbons (Fsp3) is 0.857. The zero-order chi connectivity index (χ0) is 15.3. The summed E-state index contributed by atoms with van der Waals surface area (Å²) in [7, 11) is 1.35. The molecule has 2 amide bonds. The van der Waals surface area contributed by atoms with E-state index in [9.17, 15) is 9.59 Å². The lowest BCUT2D eigenvalue weighted by molar-refractivity contribution is -0.129. The maximum atomic E-state index is 12.0. The van der Waals surface area contributed by atoms with Crippen molar-refractivity contribution in [2.24, 2.45) is 11.3 Å². The number of likely N-dealkylation sites (tertiary alicyclic amines) is 1. The Morgan fingerprint density at radius 3 is 2.50 bits per heavy atom. The molecular weight excluding hydrogens is 260 g/mol. The van der Waals surface area contributed by atoms with Crippen molar-refractivity contribution in [3.8, 4) is 0 Å². The van der Waals surface area contributed by atoms with Crippen LogP contribution in [0.3, 0.4) is 0 Å². The summed E-state index contributed by atoms with van der Waals surface area (Å²) in [5, 5.41) is 12.1. The number of hydrogen-bond donors (Lipinski definition) is 2. The fourth-order valence-electron chi connectivity index (χ4n) is 2.38. The predicted octanol–water partition coefficient (Wildman–Crippen LogP) is 0.988. The van der Waals surface area contributed by atoms with Gasteiger partial charge in [0.1, 0.15) is 0 Å². The first-order valence-corrected chi connectivity index (χ1v) is 7.02. The van der Waals surface area contributed by atoms with Crippen molar-refractivity contribution in [3.05, 3.63) is 0 Å². The minimum atomic E-state index is -0.458. The van der Waals surface area contributed by atoms with Crippen molar-refractivity contribution < 1.29 is 19.4 Å². The molecule has 1 rings (SSSR count). The second-order valence-corrected chi connectivity index (χ2v) is 6.41. The van der Waals surface area contributed by atoms with Gasteiger partial charge in [0.05, 0.1) is 7.11 Å². The fourth-order valence-corrected chi connectivity index (χ4v) is 2.38. The van der Waals surface area contributed by atoms with Gasteiger partial charge in [-0.15, -0.1) is 0 Å². The number of aliphatic hydroxyl groups excluding tert-OH is 1. The summed E-state index contributed by atoms with van der Waals surface area (Å²) in [5.41, 5.74) is -0.458. The lowest BCUT2D eigenvalue weighted by Gasteiger charge is -2.38. The van der Waals surface area contributed by atoms with Crippen LogP contribution in [0.2, 0.25) is 0 Å². The summed E-state index contributed by atoms with van der Waals surface area (Å²) < 4.78 is 4.75. The number of nitrogens with one attached hydrogen (secondary N) is 1. The molecule has 0 spiro atoms. The van der Waals surface area contributed by atoms with E-state index in [4.69, 9.17) is 9.84 Å². The van der Waals surface area contributed by atoms with Crippen LogP contribution in [0.25, 0.3) is 0 Å². The highest BCUT2D eigenvalue weighted by Gasteiger charge is 2.33. The first-order valence-electron chi connectivity index (χ1n) is 7.02. The van der Waals surface area contributed by atoms with Crippen LogP contribution < -0.4 is 5.32 Å². The van der Waals surface area contributed by atoms with Gasteiger partial charge >= 0.3 is 6.09 Å². The Bertz CT molecular complexity index is 352. The molecule has 2 unspecified atom stereocenters. The molecule has 2 N–H and O–H groups in total. The smallest absolute Gasteiger partial charge is 0.409 e. The quantitative estimate of drug-likeness (QED) is 0.811. The van der Waals surface area contributed by atoms with Gasteiger partial charge in [-0.2, -0.15) is 0 Å². The van der Waals surface area contributed by atoms with Crippen LogP contribution in [-0.2, 0) is 9.53 Å². The number of carbonyl (C=O) groups excluding carboxylic acids is 2. The van der Waals surface area contributed by atoms with Gasteiger partial charge in [0.25, 0.3) is 0 Å². The summed E-state index contributed by atoms with van der Waals surface area (Å²) >= 11 is 0. The van der Waals surface area contributed by atoms with Crippen molar-refractivity contribution in [2.75, 3.05) is 26.8 Å². The molecule has 0 saturated carbocycles. The third kappa shape index (κ3) is 4.67. The first kappa shape index (κ1) is 16.8. The lowest BCUT2D eigenvalue weighted by atomic mass is 9.90. The van der Waals surface area contributed by atoms with Crippen LogP contribution in [0.4, 0.5) is 4.79 Å². The minimum Gasteiger partial charge on any atom is -0.453 e. The SMILES string of the molecule is COC(=O)N1CC(CCO)CC(NC(=O)C(C)(C)C)C1. The highest BCUT2D eigenvalue weighted by molar-refractivity contribution is 5.81. The van der Waals surface area contributed by atoms with E-state index in [1.807, 2.05) is 20.8 Å². The largest absolute Gasteiger partial charge is 0.453 e. The number of nitrogens with zero attached hydrogens (tertiary/aromatic N) is 1. The number of amides is 2. The molecule has 6 heteroatoms. The molecule has 0 radical (unpaired) electrons. The Morgan fingerprint density at radius 2 is 2.00 bits per heavy atom. The molecule has 116 valence electrons. The standard InChI is InChI=1S/C14H26N2O4/c1-14(2,3)12(18)15-11-7-10(5-6-17)8-16(9-11)13(19)20-4/h10-11,17H,5-9H2,1-4H3,(H,15,18). The van der Waals surface area contributed by atoms with Crippen molar-refractivity contribution in [2.45, 2.75) is 39.7 Å². The third-order valence-electron chi connectivity index (χ3n) is 3.52. The van der Waals surface area contributed by atoms with E-state index >= 15 is 0 Å². The normalized spacial score (nSPS) is 23.4. The van der Waals surface area contributed by atoms with Crippen molar-refractivity contribution in [3.63, 3.8) is 0 Å². The molecule has 0 aliphatic carbocycles. The Morgan fingerprint density at radius 1 is 1.35 bits per heavy atom. The summed E-state index contributed by atoms with van der Waals surface area (Å²) in [5.74, 6) is 0.148. The van der Waals surface area contributed by atoms with E-state index in [1.54, 1.807) is 4.90 Å². The molecule has 20 heavy (non-hydrogen) atoms. The maximum Gasteiger partial charge on any atom is 0.409 e. The predicted molar refractivity (Wildman–Crippen MR) is 75.2 cm³/mol. The molecule has 0 aromatic heterocycles. The number of carbonyl (C=O) groups is 2. The van der Waals surface area contributed by atoms with Crippen LogP contribution in [0, 0.1) is 11.3 Å². The summed E-state index contributed by atoms with van der Waals surface area (Å²) in [6.45, 7) is 6.67. The van der Waals surface area contributed by atoms with Gasteiger partial charge in [-0.1, -0.05) is 20.8 Å².